The number of carbonyl (C=O) groups excluding carboxylic acids is 1. The monoisotopic (exact) mass is 410 g/mol. The molecule has 1 aliphatic heterocycles. The van der Waals surface area contributed by atoms with E-state index in [-0.39, 0.29) is 5.78 Å². The first-order valence-corrected chi connectivity index (χ1v) is 9.78. The summed E-state index contributed by atoms with van der Waals surface area (Å²) in [4.78, 5) is 18.3. The lowest BCUT2D eigenvalue weighted by atomic mass is 9.89. The topological polar surface area (TPSA) is 45.3 Å². The number of aromatic amines is 1. The van der Waals surface area contributed by atoms with E-state index in [0.717, 1.165) is 66.0 Å². The largest absolute Gasteiger partial charge is 0.378 e. The van der Waals surface area contributed by atoms with Crippen LogP contribution in [0, 0.1) is 0 Å². The Morgan fingerprint density at radius 1 is 1.12 bits per heavy atom. The highest BCUT2D eigenvalue weighted by molar-refractivity contribution is 9.10. The number of morpholine rings is 1. The summed E-state index contributed by atoms with van der Waals surface area (Å²) in [6.45, 7) is 3.18. The number of fused-ring (bicyclic) bond motifs is 1. The Labute approximate surface area is 160 Å². The van der Waals surface area contributed by atoms with Crippen LogP contribution in [0.4, 0.5) is 0 Å². The minimum atomic E-state index is 0.163. The van der Waals surface area contributed by atoms with Gasteiger partial charge in [-0.25, -0.2) is 0 Å². The average Bonchev–Trinajstić information content (AvgIpc) is 3.30. The van der Waals surface area contributed by atoms with Crippen LogP contribution in [0.5, 0.6) is 0 Å². The first kappa shape index (κ1) is 16.1. The highest BCUT2D eigenvalue weighted by Crippen LogP contribution is 2.44. The van der Waals surface area contributed by atoms with Gasteiger partial charge < -0.3 is 14.6 Å². The van der Waals surface area contributed by atoms with E-state index < -0.39 is 0 Å². The molecule has 2 aliphatic carbocycles. The predicted molar refractivity (Wildman–Crippen MR) is 106 cm³/mol. The summed E-state index contributed by atoms with van der Waals surface area (Å²) in [7, 11) is 0. The van der Waals surface area contributed by atoms with Gasteiger partial charge in [-0.2, -0.15) is 0 Å². The van der Waals surface area contributed by atoms with E-state index >= 15 is 0 Å². The fourth-order valence-corrected chi connectivity index (χ4v) is 4.85. The van der Waals surface area contributed by atoms with Gasteiger partial charge in [-0.15, -0.1) is 0 Å². The lowest BCUT2D eigenvalue weighted by Gasteiger charge is -2.33. The molecule has 0 unspecified atom stereocenters. The van der Waals surface area contributed by atoms with Crippen molar-refractivity contribution in [3.63, 3.8) is 0 Å². The number of ketones is 1. The molecule has 5 heteroatoms. The van der Waals surface area contributed by atoms with Gasteiger partial charge in [0.25, 0.3) is 0 Å². The molecule has 132 valence electrons. The van der Waals surface area contributed by atoms with Gasteiger partial charge in [0.2, 0.25) is 0 Å². The van der Waals surface area contributed by atoms with E-state index in [2.05, 4.69) is 50.1 Å². The van der Waals surface area contributed by atoms with Crippen molar-refractivity contribution < 1.29 is 9.53 Å². The maximum absolute atomic E-state index is 12.7. The second kappa shape index (κ2) is 6.25. The predicted octanol–water partition coefficient (Wildman–Crippen LogP) is 4.20. The van der Waals surface area contributed by atoms with Crippen molar-refractivity contribution in [1.29, 1.82) is 0 Å². The van der Waals surface area contributed by atoms with Gasteiger partial charge in [0.05, 0.1) is 18.7 Å². The number of carbonyl (C=O) groups is 1. The van der Waals surface area contributed by atoms with Gasteiger partial charge in [0, 0.05) is 52.9 Å². The molecule has 2 heterocycles. The van der Waals surface area contributed by atoms with Crippen molar-refractivity contribution >= 4 is 38.2 Å². The third-order valence-electron chi connectivity index (χ3n) is 5.52. The van der Waals surface area contributed by atoms with Gasteiger partial charge in [-0.05, 0) is 45.1 Å². The van der Waals surface area contributed by atoms with Crippen LogP contribution in [0.2, 0.25) is 0 Å². The first-order valence-electron chi connectivity index (χ1n) is 8.98. The van der Waals surface area contributed by atoms with Crippen molar-refractivity contribution in [2.45, 2.75) is 12.8 Å². The number of halogens is 1. The third-order valence-corrected chi connectivity index (χ3v) is 6.35. The number of allylic oxidation sites excluding steroid dienone is 5. The summed E-state index contributed by atoms with van der Waals surface area (Å²) in [5, 5.41) is 1.18. The molecule has 1 aromatic heterocycles. The number of hydrogen-bond donors (Lipinski definition) is 1. The van der Waals surface area contributed by atoms with Crippen molar-refractivity contribution in [2.75, 3.05) is 26.3 Å². The van der Waals surface area contributed by atoms with E-state index in [4.69, 9.17) is 4.74 Å². The van der Waals surface area contributed by atoms with Crippen molar-refractivity contribution in [2.24, 2.45) is 0 Å². The molecule has 0 atom stereocenters. The summed E-state index contributed by atoms with van der Waals surface area (Å²) in [5.74, 6) is 0.163. The number of ether oxygens (including phenoxy) is 1. The van der Waals surface area contributed by atoms with E-state index in [1.165, 1.54) is 16.5 Å². The number of rotatable bonds is 2. The van der Waals surface area contributed by atoms with Crippen LogP contribution in [0.1, 0.15) is 18.4 Å². The summed E-state index contributed by atoms with van der Waals surface area (Å²) < 4.78 is 6.52. The molecule has 0 amide bonds. The molecule has 1 saturated heterocycles. The number of benzene rings is 1. The Morgan fingerprint density at radius 2 is 1.96 bits per heavy atom. The van der Waals surface area contributed by atoms with Crippen LogP contribution in [-0.4, -0.2) is 42.0 Å². The van der Waals surface area contributed by atoms with Crippen LogP contribution >= 0.6 is 15.9 Å². The standard InChI is InChI=1S/C21H19BrN2O2/c22-20-17(2-1-13-5-6-23-21(13)20)15-3-4-16-18(15)11-14(12-19(16)25)24-7-9-26-10-8-24/h1-3,5-6,12,23H,4,7-11H2. The first-order chi connectivity index (χ1) is 12.7. The second-order valence-electron chi connectivity index (χ2n) is 6.92. The third kappa shape index (κ3) is 2.49. The van der Waals surface area contributed by atoms with Gasteiger partial charge in [0.15, 0.2) is 5.78 Å². The Kier molecular flexibility index (Phi) is 3.87. The lowest BCUT2D eigenvalue weighted by Crippen LogP contribution is -2.36. The van der Waals surface area contributed by atoms with E-state index in [1.54, 1.807) is 0 Å². The molecule has 0 radical (unpaired) electrons. The fraction of sp³-hybridized carbons (Fsp3) is 0.286. The molecule has 5 rings (SSSR count). The van der Waals surface area contributed by atoms with Crippen LogP contribution in [-0.2, 0) is 9.53 Å². The molecule has 0 bridgehead atoms. The maximum Gasteiger partial charge on any atom is 0.184 e. The van der Waals surface area contributed by atoms with Crippen LogP contribution in [0.3, 0.4) is 0 Å². The normalized spacial score (nSPS) is 20.5. The van der Waals surface area contributed by atoms with Crippen molar-refractivity contribution in [1.82, 2.24) is 9.88 Å². The van der Waals surface area contributed by atoms with Crippen LogP contribution < -0.4 is 0 Å². The van der Waals surface area contributed by atoms with Crippen LogP contribution in [0.25, 0.3) is 16.5 Å². The van der Waals surface area contributed by atoms with E-state index in [1.807, 2.05) is 12.3 Å². The average molecular weight is 411 g/mol. The minimum Gasteiger partial charge on any atom is -0.378 e. The Bertz CT molecular complexity index is 1010. The zero-order valence-electron chi connectivity index (χ0n) is 14.3. The Hall–Kier alpha value is -2.11. The maximum atomic E-state index is 12.7. The molecule has 0 saturated carbocycles. The number of hydrogen-bond acceptors (Lipinski definition) is 3. The Balaban J connectivity index is 1.52. The van der Waals surface area contributed by atoms with Gasteiger partial charge >= 0.3 is 0 Å². The molecule has 26 heavy (non-hydrogen) atoms. The SMILES string of the molecule is O=C1C=C(N2CCOCC2)CC2=C1CC=C2c1ccc2cc[nH]c2c1Br. The zero-order valence-corrected chi connectivity index (χ0v) is 15.9. The molecule has 1 aromatic carbocycles. The number of H-pyrrole nitrogens is 1. The van der Waals surface area contributed by atoms with Crippen LogP contribution in [0.15, 0.2) is 57.9 Å². The molecule has 2 aromatic rings. The second-order valence-corrected chi connectivity index (χ2v) is 7.72. The van der Waals surface area contributed by atoms with Crippen molar-refractivity contribution in [3.05, 3.63) is 63.4 Å². The van der Waals surface area contributed by atoms with E-state index in [9.17, 15) is 4.79 Å². The van der Waals surface area contributed by atoms with Gasteiger partial charge in [0.1, 0.15) is 0 Å². The smallest absolute Gasteiger partial charge is 0.184 e. The quantitative estimate of drug-likeness (QED) is 0.806. The van der Waals surface area contributed by atoms with Gasteiger partial charge in [-0.1, -0.05) is 18.2 Å². The molecule has 1 fully saturated rings. The molecule has 4 nitrogen and oxygen atoms in total. The number of aromatic nitrogens is 1. The van der Waals surface area contributed by atoms with E-state index in [0.29, 0.717) is 0 Å². The summed E-state index contributed by atoms with van der Waals surface area (Å²) in [6.07, 6.45) is 7.54. The summed E-state index contributed by atoms with van der Waals surface area (Å²) >= 11 is 3.77. The molecular formula is C21H19BrN2O2. The zero-order chi connectivity index (χ0) is 17.7. The molecule has 3 aliphatic rings. The highest BCUT2D eigenvalue weighted by Gasteiger charge is 2.30. The summed E-state index contributed by atoms with van der Waals surface area (Å²) in [5.41, 5.74) is 6.71. The number of nitrogens with zero attached hydrogens (tertiary/aromatic N) is 1. The lowest BCUT2D eigenvalue weighted by molar-refractivity contribution is -0.111. The highest BCUT2D eigenvalue weighted by atomic mass is 79.9. The molecule has 0 spiro atoms. The minimum absolute atomic E-state index is 0.163. The Morgan fingerprint density at radius 3 is 2.81 bits per heavy atom. The number of nitrogens with one attached hydrogen (secondary N) is 1. The molecule has 1 N–H and O–H groups in total. The van der Waals surface area contributed by atoms with Crippen molar-refractivity contribution in [3.8, 4) is 0 Å². The fourth-order valence-electron chi connectivity index (χ4n) is 4.16. The van der Waals surface area contributed by atoms with Gasteiger partial charge in [-0.3, -0.25) is 4.79 Å². The molecular weight excluding hydrogens is 392 g/mol. The summed E-state index contributed by atoms with van der Waals surface area (Å²) in [6, 6.07) is 6.36.